The molecule has 196 valence electrons. The lowest BCUT2D eigenvalue weighted by molar-refractivity contribution is 1.18. The molecule has 0 spiro atoms. The molecule has 0 unspecified atom stereocenters. The maximum atomic E-state index is 10.1. The Labute approximate surface area is 245 Å². The van der Waals surface area contributed by atoms with E-state index in [1.165, 1.54) is 53.2 Å². The summed E-state index contributed by atoms with van der Waals surface area (Å²) in [5.74, 6) is 0. The molecule has 3 aromatic heterocycles. The van der Waals surface area contributed by atoms with E-state index in [1.54, 1.807) is 0 Å². The first kappa shape index (κ1) is 23.3. The van der Waals surface area contributed by atoms with Crippen LogP contribution in [-0.2, 0) is 0 Å². The van der Waals surface area contributed by atoms with Crippen LogP contribution < -0.4 is 0 Å². The highest BCUT2D eigenvalue weighted by molar-refractivity contribution is 7.25. The first-order valence-electron chi connectivity index (χ1n) is 14.1. The van der Waals surface area contributed by atoms with Gasteiger partial charge in [0.1, 0.15) is 6.07 Å². The summed E-state index contributed by atoms with van der Waals surface area (Å²) < 4.78 is 7.23. The predicted octanol–water partition coefficient (Wildman–Crippen LogP) is 10.4. The van der Waals surface area contributed by atoms with Crippen LogP contribution in [0.2, 0.25) is 0 Å². The zero-order valence-electron chi connectivity index (χ0n) is 22.8. The van der Waals surface area contributed by atoms with Gasteiger partial charge in [0.15, 0.2) is 0 Å². The van der Waals surface area contributed by atoms with E-state index in [9.17, 15) is 5.26 Å². The topological polar surface area (TPSA) is 33.6 Å². The molecule has 0 N–H and O–H groups in total. The number of rotatable bonds is 2. The van der Waals surface area contributed by atoms with Crippen LogP contribution in [-0.4, -0.2) is 9.13 Å². The molecule has 0 fully saturated rings. The molecular weight excluding hydrogens is 531 g/mol. The van der Waals surface area contributed by atoms with Gasteiger partial charge >= 0.3 is 0 Å². The zero-order chi connectivity index (χ0) is 27.9. The Morgan fingerprint density at radius 3 is 2.02 bits per heavy atom. The van der Waals surface area contributed by atoms with Crippen LogP contribution >= 0.6 is 11.3 Å². The summed E-state index contributed by atoms with van der Waals surface area (Å²) in [4.78, 5) is 0. The summed E-state index contributed by atoms with van der Waals surface area (Å²) >= 11 is 1.83. The summed E-state index contributed by atoms with van der Waals surface area (Å²) in [5.41, 5.74) is 8.72. The minimum atomic E-state index is 0.681. The average molecular weight is 554 g/mol. The zero-order valence-corrected chi connectivity index (χ0v) is 23.6. The molecular formula is C38H23N3S. The normalized spacial score (nSPS) is 11.9. The first-order chi connectivity index (χ1) is 20.7. The molecule has 0 bridgehead atoms. The highest BCUT2D eigenvalue weighted by atomic mass is 32.1. The second kappa shape index (κ2) is 8.57. The molecule has 0 aliphatic heterocycles. The minimum absolute atomic E-state index is 0.681. The summed E-state index contributed by atoms with van der Waals surface area (Å²) in [5, 5.41) is 17.4. The number of para-hydroxylation sites is 4. The van der Waals surface area contributed by atoms with Crippen LogP contribution in [0, 0.1) is 18.3 Å². The summed E-state index contributed by atoms with van der Waals surface area (Å²) in [6.45, 7) is 2.21. The van der Waals surface area contributed by atoms with Crippen LogP contribution in [0.1, 0.15) is 11.1 Å². The number of aryl methyl sites for hydroxylation is 1. The minimum Gasteiger partial charge on any atom is -0.308 e. The van der Waals surface area contributed by atoms with Gasteiger partial charge in [0.2, 0.25) is 0 Å². The molecule has 0 aliphatic carbocycles. The van der Waals surface area contributed by atoms with Crippen molar-refractivity contribution in [2.24, 2.45) is 0 Å². The number of thiophene rings is 1. The van der Waals surface area contributed by atoms with Crippen LogP contribution in [0.5, 0.6) is 0 Å². The molecule has 0 amide bonds. The van der Waals surface area contributed by atoms with Gasteiger partial charge in [0.05, 0.1) is 33.3 Å². The number of nitrogens with zero attached hydrogens (tertiary/aromatic N) is 3. The van der Waals surface area contributed by atoms with Gasteiger partial charge in [0.25, 0.3) is 0 Å². The molecule has 0 atom stereocenters. The third-order valence-electron chi connectivity index (χ3n) is 8.67. The van der Waals surface area contributed by atoms with Crippen molar-refractivity contribution in [3.63, 3.8) is 0 Å². The van der Waals surface area contributed by atoms with Crippen LogP contribution in [0.3, 0.4) is 0 Å². The molecule has 0 saturated heterocycles. The molecule has 42 heavy (non-hydrogen) atoms. The van der Waals surface area contributed by atoms with E-state index >= 15 is 0 Å². The fourth-order valence-corrected chi connectivity index (χ4v) is 8.05. The lowest BCUT2D eigenvalue weighted by Gasteiger charge is -2.12. The van der Waals surface area contributed by atoms with Gasteiger partial charge in [0, 0.05) is 47.4 Å². The molecule has 0 radical (unpaired) electrons. The smallest absolute Gasteiger partial charge is 0.101 e. The Balaban J connectivity index is 1.42. The quantitative estimate of drug-likeness (QED) is 0.210. The highest BCUT2D eigenvalue weighted by Crippen LogP contribution is 2.43. The van der Waals surface area contributed by atoms with Crippen molar-refractivity contribution in [1.82, 2.24) is 9.13 Å². The molecule has 6 aromatic carbocycles. The third kappa shape index (κ3) is 3.03. The first-order valence-corrected chi connectivity index (χ1v) is 14.9. The van der Waals surface area contributed by atoms with Crippen LogP contribution in [0.15, 0.2) is 121 Å². The fraction of sp³-hybridized carbons (Fsp3) is 0.0263. The third-order valence-corrected chi connectivity index (χ3v) is 9.80. The number of hydrogen-bond donors (Lipinski definition) is 0. The van der Waals surface area contributed by atoms with Gasteiger partial charge in [-0.3, -0.25) is 0 Å². The van der Waals surface area contributed by atoms with Gasteiger partial charge in [-0.1, -0.05) is 72.8 Å². The van der Waals surface area contributed by atoms with Crippen LogP contribution in [0.25, 0.3) is 75.2 Å². The Kier molecular flexibility index (Phi) is 4.76. The van der Waals surface area contributed by atoms with Crippen molar-refractivity contribution >= 4 is 75.1 Å². The summed E-state index contributed by atoms with van der Waals surface area (Å²) in [6.07, 6.45) is 0. The largest absolute Gasteiger partial charge is 0.308 e. The highest BCUT2D eigenvalue weighted by Gasteiger charge is 2.20. The number of nitriles is 1. The number of benzene rings is 6. The lowest BCUT2D eigenvalue weighted by Crippen LogP contribution is -1.97. The van der Waals surface area contributed by atoms with Crippen molar-refractivity contribution in [3.8, 4) is 17.4 Å². The van der Waals surface area contributed by atoms with E-state index in [1.807, 2.05) is 23.5 Å². The van der Waals surface area contributed by atoms with E-state index in [4.69, 9.17) is 0 Å². The molecule has 4 heteroatoms. The Morgan fingerprint density at radius 1 is 0.571 bits per heavy atom. The van der Waals surface area contributed by atoms with Crippen molar-refractivity contribution in [1.29, 1.82) is 5.26 Å². The van der Waals surface area contributed by atoms with Gasteiger partial charge in [-0.05, 0) is 61.0 Å². The van der Waals surface area contributed by atoms with Crippen molar-refractivity contribution in [2.45, 2.75) is 6.92 Å². The van der Waals surface area contributed by atoms with Gasteiger partial charge in [-0.25, -0.2) is 0 Å². The SMILES string of the molecule is Cc1cccc2c3ccccc3n(-c3cccc4sc5ccc(-n6c7ccccc7c7cccc(C#N)c76)cc5c34)c12. The molecule has 9 aromatic rings. The molecule has 9 rings (SSSR count). The average Bonchev–Trinajstić information content (AvgIpc) is 3.69. The second-order valence-corrected chi connectivity index (χ2v) is 12.0. The van der Waals surface area contributed by atoms with Crippen molar-refractivity contribution < 1.29 is 0 Å². The Morgan fingerprint density at radius 2 is 1.24 bits per heavy atom. The van der Waals surface area contributed by atoms with E-state index in [0.717, 1.165) is 27.5 Å². The maximum absolute atomic E-state index is 10.1. The fourth-order valence-electron chi connectivity index (χ4n) is 6.94. The standard InChI is InChI=1S/C38H23N3S/c1-23-9-6-13-28-26-11-3-5-16-32(26)41(37(23)28)33-17-8-18-35-36(33)30-21-25(19-20-34(30)42-35)40-31-15-4-2-12-27(31)29-14-7-10-24(22-39)38(29)40/h2-21H,1H3. The van der Waals surface area contributed by atoms with Crippen molar-refractivity contribution in [3.05, 3.63) is 132 Å². The number of fused-ring (bicyclic) bond motifs is 9. The van der Waals surface area contributed by atoms with Crippen LogP contribution in [0.4, 0.5) is 0 Å². The Hall–Kier alpha value is -5.37. The molecule has 3 nitrogen and oxygen atoms in total. The maximum Gasteiger partial charge on any atom is 0.101 e. The van der Waals surface area contributed by atoms with E-state index in [0.29, 0.717) is 5.56 Å². The lowest BCUT2D eigenvalue weighted by atomic mass is 10.1. The summed E-state index contributed by atoms with van der Waals surface area (Å²) in [7, 11) is 0. The molecule has 0 saturated carbocycles. The van der Waals surface area contributed by atoms with E-state index < -0.39 is 0 Å². The number of aromatic nitrogens is 2. The van der Waals surface area contributed by atoms with Gasteiger partial charge < -0.3 is 9.13 Å². The predicted molar refractivity (Wildman–Crippen MR) is 177 cm³/mol. The molecule has 3 heterocycles. The monoisotopic (exact) mass is 553 g/mol. The van der Waals surface area contributed by atoms with Crippen molar-refractivity contribution in [2.75, 3.05) is 0 Å². The summed E-state index contributed by atoms with van der Waals surface area (Å²) in [6, 6.07) is 45.7. The number of hydrogen-bond acceptors (Lipinski definition) is 2. The Bertz CT molecular complexity index is 2600. The van der Waals surface area contributed by atoms with E-state index in [-0.39, 0.29) is 0 Å². The van der Waals surface area contributed by atoms with Gasteiger partial charge in [-0.15, -0.1) is 11.3 Å². The van der Waals surface area contributed by atoms with E-state index in [2.05, 4.69) is 131 Å². The second-order valence-electron chi connectivity index (χ2n) is 10.9. The molecule has 0 aliphatic rings. The van der Waals surface area contributed by atoms with Gasteiger partial charge in [-0.2, -0.15) is 5.26 Å².